The van der Waals surface area contributed by atoms with Crippen molar-refractivity contribution >= 4 is 39.9 Å². The van der Waals surface area contributed by atoms with E-state index in [-0.39, 0.29) is 5.82 Å². The molecule has 0 spiro atoms. The monoisotopic (exact) mass is 445 g/mol. The van der Waals surface area contributed by atoms with Crippen molar-refractivity contribution in [2.24, 2.45) is 0 Å². The van der Waals surface area contributed by atoms with E-state index in [9.17, 15) is 4.39 Å². The summed E-state index contributed by atoms with van der Waals surface area (Å²) in [5.74, 6) is 2.02. The summed E-state index contributed by atoms with van der Waals surface area (Å²) in [4.78, 5) is 5.65. The number of anilines is 1. The third kappa shape index (κ3) is 4.21. The Bertz CT molecular complexity index is 1110. The maximum atomic E-state index is 13.3. The summed E-state index contributed by atoms with van der Waals surface area (Å²) in [6, 6.07) is 8.52. The maximum absolute atomic E-state index is 13.3. The second-order valence-corrected chi connectivity index (χ2v) is 9.02. The van der Waals surface area contributed by atoms with Crippen LogP contribution in [0.3, 0.4) is 0 Å². The predicted octanol–water partition coefficient (Wildman–Crippen LogP) is 4.38. The summed E-state index contributed by atoms with van der Waals surface area (Å²) in [7, 11) is 0. The molecule has 4 heterocycles. The van der Waals surface area contributed by atoms with Crippen LogP contribution in [0, 0.1) is 5.82 Å². The van der Waals surface area contributed by atoms with E-state index in [0.29, 0.717) is 16.7 Å². The Morgan fingerprint density at radius 1 is 1.13 bits per heavy atom. The Morgan fingerprint density at radius 3 is 2.87 bits per heavy atom. The number of aromatic nitrogens is 3. The summed E-state index contributed by atoms with van der Waals surface area (Å²) in [6.07, 6.45) is 1.05. The van der Waals surface area contributed by atoms with E-state index in [2.05, 4.69) is 25.2 Å². The molecule has 1 aromatic carbocycles. The molecule has 0 bridgehead atoms. The normalized spacial score (nSPS) is 15.3. The molecular weight excluding hydrogens is 425 g/mol. The standard InChI is InChI=1S/C20H20FN5O2S2/c21-14-4-5-15-16(13-14)28-24-18(15)26-9-7-25(8-10-26)6-2-12-30-20-23-22-19(27-20)17-3-1-11-29-17/h1,3-5,11,13H,2,6-10,12H2. The first-order valence-corrected chi connectivity index (χ1v) is 11.7. The Labute approximate surface area is 180 Å². The van der Waals surface area contributed by atoms with Crippen LogP contribution in [0.15, 0.2) is 49.9 Å². The molecule has 5 rings (SSSR count). The lowest BCUT2D eigenvalue weighted by atomic mass is 10.2. The SMILES string of the molecule is Fc1ccc2c(N3CCN(CCCSc4nnc(-c5cccs5)o4)CC3)noc2c1. The Kier molecular flexibility index (Phi) is 5.69. The molecule has 0 atom stereocenters. The number of thiophene rings is 1. The summed E-state index contributed by atoms with van der Waals surface area (Å²) in [5, 5.41) is 15.9. The minimum Gasteiger partial charge on any atom is -0.410 e. The van der Waals surface area contributed by atoms with E-state index in [1.807, 2.05) is 17.5 Å². The van der Waals surface area contributed by atoms with Gasteiger partial charge in [0.15, 0.2) is 11.4 Å². The largest absolute Gasteiger partial charge is 0.410 e. The highest BCUT2D eigenvalue weighted by atomic mass is 32.2. The highest BCUT2D eigenvalue weighted by Crippen LogP contribution is 2.28. The van der Waals surface area contributed by atoms with Gasteiger partial charge in [-0.3, -0.25) is 4.90 Å². The van der Waals surface area contributed by atoms with Crippen molar-refractivity contribution in [2.75, 3.05) is 43.4 Å². The van der Waals surface area contributed by atoms with Crippen molar-refractivity contribution in [3.8, 4) is 10.8 Å². The number of rotatable bonds is 7. The molecular formula is C20H20FN5O2S2. The van der Waals surface area contributed by atoms with E-state index in [1.54, 1.807) is 29.2 Å². The van der Waals surface area contributed by atoms with E-state index in [1.165, 1.54) is 12.1 Å². The number of thioether (sulfide) groups is 1. The van der Waals surface area contributed by atoms with Gasteiger partial charge in [-0.1, -0.05) is 23.0 Å². The lowest BCUT2D eigenvalue weighted by Gasteiger charge is -2.34. The molecule has 0 unspecified atom stereocenters. The summed E-state index contributed by atoms with van der Waals surface area (Å²) in [6.45, 7) is 4.70. The highest BCUT2D eigenvalue weighted by Gasteiger charge is 2.21. The topological polar surface area (TPSA) is 71.4 Å². The number of hydrogen-bond donors (Lipinski definition) is 0. The molecule has 3 aromatic heterocycles. The lowest BCUT2D eigenvalue weighted by molar-refractivity contribution is 0.257. The van der Waals surface area contributed by atoms with Gasteiger partial charge in [0.2, 0.25) is 0 Å². The van der Waals surface area contributed by atoms with Crippen LogP contribution in [0.5, 0.6) is 0 Å². The first-order valence-electron chi connectivity index (χ1n) is 9.79. The van der Waals surface area contributed by atoms with Crippen LogP contribution in [0.2, 0.25) is 0 Å². The van der Waals surface area contributed by atoms with Crippen molar-refractivity contribution in [1.82, 2.24) is 20.3 Å². The number of nitrogens with zero attached hydrogens (tertiary/aromatic N) is 5. The van der Waals surface area contributed by atoms with Crippen LogP contribution in [-0.4, -0.2) is 58.7 Å². The second-order valence-electron chi connectivity index (χ2n) is 7.03. The average Bonchev–Trinajstić information content (AvgIpc) is 3.51. The molecule has 7 nitrogen and oxygen atoms in total. The molecule has 1 aliphatic rings. The number of fused-ring (bicyclic) bond motifs is 1. The van der Waals surface area contributed by atoms with Crippen LogP contribution in [-0.2, 0) is 0 Å². The minimum absolute atomic E-state index is 0.309. The third-order valence-electron chi connectivity index (χ3n) is 5.07. The Balaban J connectivity index is 1.07. The molecule has 0 N–H and O–H groups in total. The van der Waals surface area contributed by atoms with Crippen molar-refractivity contribution in [3.05, 3.63) is 41.5 Å². The van der Waals surface area contributed by atoms with Gasteiger partial charge in [0.25, 0.3) is 11.1 Å². The van der Waals surface area contributed by atoms with Gasteiger partial charge < -0.3 is 13.8 Å². The average molecular weight is 446 g/mol. The molecule has 1 aliphatic heterocycles. The van der Waals surface area contributed by atoms with Gasteiger partial charge in [-0.25, -0.2) is 4.39 Å². The molecule has 0 radical (unpaired) electrons. The highest BCUT2D eigenvalue weighted by molar-refractivity contribution is 7.99. The number of hydrogen-bond acceptors (Lipinski definition) is 9. The molecule has 1 fully saturated rings. The minimum atomic E-state index is -0.309. The van der Waals surface area contributed by atoms with Gasteiger partial charge in [-0.05, 0) is 36.5 Å². The van der Waals surface area contributed by atoms with Crippen molar-refractivity contribution in [2.45, 2.75) is 11.6 Å². The number of halogens is 1. The van der Waals surface area contributed by atoms with Gasteiger partial charge in [0.05, 0.1) is 10.3 Å². The van der Waals surface area contributed by atoms with Crippen LogP contribution in [0.1, 0.15) is 6.42 Å². The van der Waals surface area contributed by atoms with Crippen LogP contribution in [0.4, 0.5) is 10.2 Å². The second kappa shape index (κ2) is 8.75. The maximum Gasteiger partial charge on any atom is 0.276 e. The molecule has 156 valence electrons. The summed E-state index contributed by atoms with van der Waals surface area (Å²) in [5.41, 5.74) is 0.493. The fraction of sp³-hybridized carbons (Fsp3) is 0.350. The number of benzene rings is 1. The zero-order valence-electron chi connectivity index (χ0n) is 16.2. The van der Waals surface area contributed by atoms with Crippen molar-refractivity contribution in [1.29, 1.82) is 0 Å². The smallest absolute Gasteiger partial charge is 0.276 e. The van der Waals surface area contributed by atoms with Crippen LogP contribution < -0.4 is 4.90 Å². The number of piperazine rings is 1. The zero-order valence-corrected chi connectivity index (χ0v) is 17.8. The van der Waals surface area contributed by atoms with E-state index < -0.39 is 0 Å². The van der Waals surface area contributed by atoms with Gasteiger partial charge in [0.1, 0.15) is 5.82 Å². The Morgan fingerprint density at radius 2 is 2.03 bits per heavy atom. The summed E-state index contributed by atoms with van der Waals surface area (Å²) < 4.78 is 24.3. The molecule has 10 heteroatoms. The molecule has 1 saturated heterocycles. The van der Waals surface area contributed by atoms with Gasteiger partial charge in [-0.2, -0.15) is 0 Å². The molecule has 4 aromatic rings. The molecule has 0 amide bonds. The van der Waals surface area contributed by atoms with Gasteiger partial charge in [0, 0.05) is 38.0 Å². The van der Waals surface area contributed by atoms with Crippen molar-refractivity contribution in [3.63, 3.8) is 0 Å². The quantitative estimate of drug-likeness (QED) is 0.307. The lowest BCUT2D eigenvalue weighted by Crippen LogP contribution is -2.46. The van der Waals surface area contributed by atoms with Crippen molar-refractivity contribution < 1.29 is 13.3 Å². The fourth-order valence-corrected chi connectivity index (χ4v) is 4.85. The van der Waals surface area contributed by atoms with E-state index >= 15 is 0 Å². The zero-order chi connectivity index (χ0) is 20.3. The van der Waals surface area contributed by atoms with E-state index in [4.69, 9.17) is 8.94 Å². The molecule has 0 saturated carbocycles. The first kappa shape index (κ1) is 19.5. The summed E-state index contributed by atoms with van der Waals surface area (Å²) >= 11 is 3.20. The van der Waals surface area contributed by atoms with Crippen LogP contribution >= 0.6 is 23.1 Å². The third-order valence-corrected chi connectivity index (χ3v) is 6.83. The molecule has 30 heavy (non-hydrogen) atoms. The molecule has 0 aliphatic carbocycles. The fourth-order valence-electron chi connectivity index (χ4n) is 3.52. The van der Waals surface area contributed by atoms with E-state index in [0.717, 1.165) is 61.0 Å². The first-order chi connectivity index (χ1) is 14.8. The van der Waals surface area contributed by atoms with Gasteiger partial charge >= 0.3 is 0 Å². The Hall–Kier alpha value is -2.43. The van der Waals surface area contributed by atoms with Gasteiger partial charge in [-0.15, -0.1) is 21.5 Å². The predicted molar refractivity (Wildman–Crippen MR) is 116 cm³/mol. The van der Waals surface area contributed by atoms with Crippen LogP contribution in [0.25, 0.3) is 21.7 Å².